The Balaban J connectivity index is 1.64. The molecule has 2 aromatic carbocycles. The van der Waals surface area contributed by atoms with Crippen LogP contribution in [-0.4, -0.2) is 29.6 Å². The summed E-state index contributed by atoms with van der Waals surface area (Å²) in [5.41, 5.74) is 2.25. The molecule has 5 nitrogen and oxygen atoms in total. The summed E-state index contributed by atoms with van der Waals surface area (Å²) in [4.78, 5) is 10.7. The van der Waals surface area contributed by atoms with Crippen LogP contribution < -0.4 is 4.74 Å². The molecule has 1 saturated heterocycles. The quantitative estimate of drug-likeness (QED) is 0.451. The van der Waals surface area contributed by atoms with E-state index in [1.54, 1.807) is 0 Å². The van der Waals surface area contributed by atoms with Crippen molar-refractivity contribution < 1.29 is 24.1 Å². The first-order chi connectivity index (χ1) is 14.9. The van der Waals surface area contributed by atoms with Crippen molar-refractivity contribution in [2.45, 2.75) is 76.8 Å². The van der Waals surface area contributed by atoms with Crippen molar-refractivity contribution in [3.05, 3.63) is 65.7 Å². The fourth-order valence-electron chi connectivity index (χ4n) is 4.06. The first-order valence-corrected chi connectivity index (χ1v) is 11.2. The molecule has 2 atom stereocenters. The van der Waals surface area contributed by atoms with E-state index >= 15 is 0 Å². The van der Waals surface area contributed by atoms with Gasteiger partial charge in [-0.05, 0) is 38.3 Å². The Labute approximate surface area is 185 Å². The summed E-state index contributed by atoms with van der Waals surface area (Å²) in [6.45, 7) is 5.02. The van der Waals surface area contributed by atoms with E-state index in [-0.39, 0.29) is 18.4 Å². The van der Waals surface area contributed by atoms with Gasteiger partial charge < -0.3 is 19.3 Å². The van der Waals surface area contributed by atoms with E-state index in [4.69, 9.17) is 19.3 Å². The zero-order valence-corrected chi connectivity index (χ0v) is 18.6. The number of para-hydroxylation sites is 1. The molecule has 0 amide bonds. The van der Waals surface area contributed by atoms with E-state index in [1.807, 2.05) is 50.2 Å². The summed E-state index contributed by atoms with van der Waals surface area (Å²) in [6.07, 6.45) is 4.87. The third-order valence-electron chi connectivity index (χ3n) is 5.68. The van der Waals surface area contributed by atoms with Crippen LogP contribution in [-0.2, 0) is 20.9 Å². The Kier molecular flexibility index (Phi) is 8.50. The van der Waals surface area contributed by atoms with Gasteiger partial charge in [-0.25, -0.2) is 0 Å². The normalized spacial score (nSPS) is 20.3. The number of hydrogen-bond donors (Lipinski definition) is 1. The van der Waals surface area contributed by atoms with Gasteiger partial charge in [-0.2, -0.15) is 0 Å². The fourth-order valence-corrected chi connectivity index (χ4v) is 4.06. The molecule has 0 unspecified atom stereocenters. The number of carboxylic acids is 1. The van der Waals surface area contributed by atoms with E-state index in [1.165, 1.54) is 0 Å². The van der Waals surface area contributed by atoms with E-state index in [0.29, 0.717) is 13.2 Å². The molecule has 0 aliphatic carbocycles. The fraction of sp³-hybridized carbons (Fsp3) is 0.500. The van der Waals surface area contributed by atoms with E-state index < -0.39 is 11.8 Å². The lowest BCUT2D eigenvalue weighted by Crippen LogP contribution is -2.44. The van der Waals surface area contributed by atoms with Crippen LogP contribution in [0.5, 0.6) is 5.75 Å². The smallest absolute Gasteiger partial charge is 0.303 e. The van der Waals surface area contributed by atoms with Gasteiger partial charge in [-0.15, -0.1) is 0 Å². The summed E-state index contributed by atoms with van der Waals surface area (Å²) < 4.78 is 18.5. The van der Waals surface area contributed by atoms with Gasteiger partial charge in [-0.1, -0.05) is 67.8 Å². The number of benzene rings is 2. The standard InChI is InChI=1S/C26H34O5/c1-26(2)30-19-22(24(31-26)16-8-3-4-9-17-25(27)28)21-14-10-11-15-23(21)29-18-20-12-6-5-7-13-20/h5-7,10-15,22,24H,3-4,8-9,16-19H2,1-2H3,(H,27,28)/t22-,24-/m1/s1. The Morgan fingerprint density at radius 3 is 2.52 bits per heavy atom. The first kappa shape index (κ1) is 23.3. The average molecular weight is 427 g/mol. The van der Waals surface area contributed by atoms with Crippen molar-refractivity contribution in [1.82, 2.24) is 0 Å². The third kappa shape index (κ3) is 7.37. The minimum Gasteiger partial charge on any atom is -0.489 e. The SMILES string of the molecule is CC1(C)OC[C@H](c2ccccc2OCc2ccccc2)[C@@H](CCCCCCC(=O)O)O1. The maximum Gasteiger partial charge on any atom is 0.303 e. The van der Waals surface area contributed by atoms with Crippen LogP contribution in [0.3, 0.4) is 0 Å². The Hall–Kier alpha value is -2.37. The van der Waals surface area contributed by atoms with Crippen LogP contribution >= 0.6 is 0 Å². The Morgan fingerprint density at radius 1 is 1.03 bits per heavy atom. The van der Waals surface area contributed by atoms with Crippen molar-refractivity contribution >= 4 is 5.97 Å². The molecule has 1 heterocycles. The second-order valence-electron chi connectivity index (χ2n) is 8.63. The lowest BCUT2D eigenvalue weighted by Gasteiger charge is -2.42. The van der Waals surface area contributed by atoms with Crippen LogP contribution in [0.2, 0.25) is 0 Å². The minimum absolute atomic E-state index is 0.0321. The number of carbonyl (C=O) groups is 1. The number of hydrogen-bond acceptors (Lipinski definition) is 4. The lowest BCUT2D eigenvalue weighted by molar-refractivity contribution is -0.282. The second-order valence-corrected chi connectivity index (χ2v) is 8.63. The van der Waals surface area contributed by atoms with E-state index in [0.717, 1.165) is 49.0 Å². The monoisotopic (exact) mass is 426 g/mol. The predicted molar refractivity (Wildman–Crippen MR) is 120 cm³/mol. The summed E-state index contributed by atoms with van der Waals surface area (Å²) >= 11 is 0. The highest BCUT2D eigenvalue weighted by atomic mass is 16.7. The highest BCUT2D eigenvalue weighted by Gasteiger charge is 2.38. The van der Waals surface area contributed by atoms with Crippen LogP contribution in [0, 0.1) is 0 Å². The van der Waals surface area contributed by atoms with Crippen LogP contribution in [0.15, 0.2) is 54.6 Å². The molecule has 0 spiro atoms. The van der Waals surface area contributed by atoms with Crippen molar-refractivity contribution in [1.29, 1.82) is 0 Å². The molecule has 168 valence electrons. The van der Waals surface area contributed by atoms with Gasteiger partial charge in [-0.3, -0.25) is 4.79 Å². The molecule has 1 aliphatic rings. The molecule has 3 rings (SSSR count). The molecule has 5 heteroatoms. The van der Waals surface area contributed by atoms with Crippen molar-refractivity contribution in [3.63, 3.8) is 0 Å². The largest absolute Gasteiger partial charge is 0.489 e. The molecule has 1 N–H and O–H groups in total. The van der Waals surface area contributed by atoms with Gasteiger partial charge in [0.2, 0.25) is 0 Å². The number of rotatable bonds is 11. The second kappa shape index (κ2) is 11.3. The minimum atomic E-state index is -0.721. The average Bonchev–Trinajstić information content (AvgIpc) is 2.75. The van der Waals surface area contributed by atoms with Gasteiger partial charge >= 0.3 is 5.97 Å². The van der Waals surface area contributed by atoms with Gasteiger partial charge in [0, 0.05) is 17.9 Å². The number of aliphatic carboxylic acids is 1. The zero-order chi connectivity index (χ0) is 22.1. The first-order valence-electron chi connectivity index (χ1n) is 11.2. The van der Waals surface area contributed by atoms with E-state index in [9.17, 15) is 4.79 Å². The number of ether oxygens (including phenoxy) is 3. The summed E-state index contributed by atoms with van der Waals surface area (Å²) in [5, 5.41) is 8.79. The third-order valence-corrected chi connectivity index (χ3v) is 5.68. The highest BCUT2D eigenvalue weighted by Crippen LogP contribution is 2.39. The van der Waals surface area contributed by atoms with Gasteiger partial charge in [0.05, 0.1) is 12.7 Å². The molecular formula is C26H34O5. The van der Waals surface area contributed by atoms with Gasteiger partial charge in [0.25, 0.3) is 0 Å². The Bertz CT molecular complexity index is 818. The van der Waals surface area contributed by atoms with Crippen molar-refractivity contribution in [2.75, 3.05) is 6.61 Å². The topological polar surface area (TPSA) is 65.0 Å². The summed E-state index contributed by atoms with van der Waals surface area (Å²) in [6, 6.07) is 18.3. The van der Waals surface area contributed by atoms with E-state index in [2.05, 4.69) is 18.2 Å². The molecule has 0 bridgehead atoms. The molecule has 0 radical (unpaired) electrons. The molecule has 2 aromatic rings. The summed E-state index contributed by atoms with van der Waals surface area (Å²) in [7, 11) is 0. The molecule has 1 aliphatic heterocycles. The van der Waals surface area contributed by atoms with Crippen LogP contribution in [0.25, 0.3) is 0 Å². The summed E-state index contributed by atoms with van der Waals surface area (Å²) in [5.74, 6) is -0.361. The lowest BCUT2D eigenvalue weighted by atomic mass is 9.88. The van der Waals surface area contributed by atoms with Crippen LogP contribution in [0.1, 0.15) is 69.4 Å². The number of carboxylic acid groups (broad SMARTS) is 1. The number of unbranched alkanes of at least 4 members (excludes halogenated alkanes) is 3. The van der Waals surface area contributed by atoms with Crippen molar-refractivity contribution in [2.24, 2.45) is 0 Å². The maximum atomic E-state index is 10.7. The highest BCUT2D eigenvalue weighted by molar-refractivity contribution is 5.66. The van der Waals surface area contributed by atoms with Gasteiger partial charge in [0.15, 0.2) is 5.79 Å². The zero-order valence-electron chi connectivity index (χ0n) is 18.6. The molecule has 1 fully saturated rings. The molecular weight excluding hydrogens is 392 g/mol. The Morgan fingerprint density at radius 2 is 1.74 bits per heavy atom. The van der Waals surface area contributed by atoms with Gasteiger partial charge in [0.1, 0.15) is 12.4 Å². The molecule has 0 aromatic heterocycles. The predicted octanol–water partition coefficient (Wildman–Crippen LogP) is 5.93. The van der Waals surface area contributed by atoms with Crippen LogP contribution in [0.4, 0.5) is 0 Å². The molecule has 0 saturated carbocycles. The maximum absolute atomic E-state index is 10.7. The van der Waals surface area contributed by atoms with Crippen molar-refractivity contribution in [3.8, 4) is 5.75 Å². The molecule has 31 heavy (non-hydrogen) atoms.